The maximum absolute atomic E-state index is 13.0. The van der Waals surface area contributed by atoms with Gasteiger partial charge in [-0.3, -0.25) is 9.52 Å². The highest BCUT2D eigenvalue weighted by atomic mass is 32.2. The summed E-state index contributed by atoms with van der Waals surface area (Å²) in [5, 5.41) is 2.65. The molecule has 12 heteroatoms. The number of rotatable bonds is 9. The summed E-state index contributed by atoms with van der Waals surface area (Å²) < 4.78 is 79.9. The smallest absolute Gasteiger partial charge is 0.497 e. The maximum atomic E-state index is 13.0. The molecule has 0 saturated heterocycles. The van der Waals surface area contributed by atoms with E-state index in [1.54, 1.807) is 31.2 Å². The number of anilines is 2. The van der Waals surface area contributed by atoms with Crippen LogP contribution in [0.4, 0.5) is 24.5 Å². The molecule has 3 aromatic carbocycles. The third-order valence-electron chi connectivity index (χ3n) is 4.46. The van der Waals surface area contributed by atoms with Crippen molar-refractivity contribution in [3.05, 3.63) is 72.3 Å². The molecule has 0 unspecified atom stereocenters. The highest BCUT2D eigenvalue weighted by Gasteiger charge is 2.31. The fourth-order valence-corrected chi connectivity index (χ4v) is 4.17. The van der Waals surface area contributed by atoms with E-state index >= 15 is 0 Å². The number of benzene rings is 3. The monoisotopic (exact) mass is 510 g/mol. The molecule has 8 nitrogen and oxygen atoms in total. The van der Waals surface area contributed by atoms with Crippen LogP contribution in [0, 0.1) is 0 Å². The van der Waals surface area contributed by atoms with Crippen LogP contribution in [0.3, 0.4) is 0 Å². The van der Waals surface area contributed by atoms with Crippen LogP contribution in [0.1, 0.15) is 17.3 Å². The van der Waals surface area contributed by atoms with E-state index in [2.05, 4.69) is 14.8 Å². The molecular formula is C23H21F3N2O6S. The fraction of sp³-hybridized carbons (Fsp3) is 0.174. The molecule has 186 valence electrons. The van der Waals surface area contributed by atoms with Crippen molar-refractivity contribution in [1.82, 2.24) is 0 Å². The Morgan fingerprint density at radius 3 is 2.29 bits per heavy atom. The van der Waals surface area contributed by atoms with Crippen molar-refractivity contribution in [2.45, 2.75) is 18.2 Å². The first-order valence-corrected chi connectivity index (χ1v) is 11.6. The average Bonchev–Trinajstić information content (AvgIpc) is 2.78. The van der Waals surface area contributed by atoms with E-state index in [1.807, 2.05) is 0 Å². The molecule has 0 saturated carbocycles. The lowest BCUT2D eigenvalue weighted by molar-refractivity contribution is -0.274. The van der Waals surface area contributed by atoms with Gasteiger partial charge >= 0.3 is 6.36 Å². The van der Waals surface area contributed by atoms with Crippen LogP contribution >= 0.6 is 0 Å². The quantitative estimate of drug-likeness (QED) is 0.418. The molecule has 0 spiro atoms. The van der Waals surface area contributed by atoms with E-state index in [4.69, 9.17) is 9.47 Å². The van der Waals surface area contributed by atoms with Crippen molar-refractivity contribution in [3.63, 3.8) is 0 Å². The topological polar surface area (TPSA) is 103 Å². The predicted octanol–water partition coefficient (Wildman–Crippen LogP) is 5.05. The van der Waals surface area contributed by atoms with Gasteiger partial charge in [0.2, 0.25) is 0 Å². The van der Waals surface area contributed by atoms with Gasteiger partial charge in [0.15, 0.2) is 0 Å². The molecule has 0 atom stereocenters. The molecule has 0 heterocycles. The second kappa shape index (κ2) is 10.6. The largest absolute Gasteiger partial charge is 0.573 e. The molecule has 2 N–H and O–H groups in total. The zero-order chi connectivity index (χ0) is 25.6. The minimum absolute atomic E-state index is 0.0600. The first-order chi connectivity index (χ1) is 16.5. The molecule has 35 heavy (non-hydrogen) atoms. The molecule has 0 aliphatic heterocycles. The molecule has 0 aromatic heterocycles. The number of ether oxygens (including phenoxy) is 3. The highest BCUT2D eigenvalue weighted by molar-refractivity contribution is 7.92. The standard InChI is InChI=1S/C23H21F3N2O6S/c1-3-33-20-14-16(27-22(29)15-7-10-18(32-2)11-8-15)9-12-21(20)35(30,31)28-17-5-4-6-19(13-17)34-23(24,25)26/h4-14,28H,3H2,1-2H3,(H,27,29). The Kier molecular flexibility index (Phi) is 7.75. The summed E-state index contributed by atoms with van der Waals surface area (Å²) in [6, 6.07) is 14.7. The summed E-state index contributed by atoms with van der Waals surface area (Å²) in [5.41, 5.74) is 0.475. The van der Waals surface area contributed by atoms with Crippen molar-refractivity contribution in [2.75, 3.05) is 23.8 Å². The highest BCUT2D eigenvalue weighted by Crippen LogP contribution is 2.31. The summed E-state index contributed by atoms with van der Waals surface area (Å²) in [6.45, 7) is 1.76. The van der Waals surface area contributed by atoms with Crippen molar-refractivity contribution in [1.29, 1.82) is 0 Å². The number of halogens is 3. The van der Waals surface area contributed by atoms with Gasteiger partial charge in [0, 0.05) is 23.4 Å². The van der Waals surface area contributed by atoms with Gasteiger partial charge < -0.3 is 19.5 Å². The van der Waals surface area contributed by atoms with Crippen LogP contribution in [0.2, 0.25) is 0 Å². The van der Waals surface area contributed by atoms with Crippen LogP contribution in [0.15, 0.2) is 71.6 Å². The van der Waals surface area contributed by atoms with Crippen LogP contribution in [0.5, 0.6) is 17.2 Å². The van der Waals surface area contributed by atoms with Crippen LogP contribution in [-0.2, 0) is 10.0 Å². The molecule has 0 bridgehead atoms. The van der Waals surface area contributed by atoms with Crippen molar-refractivity contribution < 1.29 is 40.6 Å². The van der Waals surface area contributed by atoms with Gasteiger partial charge in [-0.1, -0.05) is 6.07 Å². The molecule has 0 aliphatic carbocycles. The predicted molar refractivity (Wildman–Crippen MR) is 122 cm³/mol. The van der Waals surface area contributed by atoms with Gasteiger partial charge in [-0.05, 0) is 55.5 Å². The van der Waals surface area contributed by atoms with Gasteiger partial charge in [-0.2, -0.15) is 0 Å². The lowest BCUT2D eigenvalue weighted by atomic mass is 10.2. The van der Waals surface area contributed by atoms with E-state index in [9.17, 15) is 26.4 Å². The number of amides is 1. The minimum Gasteiger partial charge on any atom is -0.497 e. The molecule has 3 aromatic rings. The van der Waals surface area contributed by atoms with Gasteiger partial charge in [-0.25, -0.2) is 8.42 Å². The second-order valence-corrected chi connectivity index (χ2v) is 8.61. The lowest BCUT2D eigenvalue weighted by Crippen LogP contribution is -2.18. The van der Waals surface area contributed by atoms with Gasteiger partial charge in [0.05, 0.1) is 19.4 Å². The molecular weight excluding hydrogens is 489 g/mol. The molecule has 0 radical (unpaired) electrons. The van der Waals surface area contributed by atoms with E-state index in [-0.39, 0.29) is 28.6 Å². The molecule has 0 aliphatic rings. The Balaban J connectivity index is 1.83. The first-order valence-electron chi connectivity index (χ1n) is 10.1. The van der Waals surface area contributed by atoms with E-state index < -0.39 is 28.0 Å². The maximum Gasteiger partial charge on any atom is 0.573 e. The summed E-state index contributed by atoms with van der Waals surface area (Å²) in [4.78, 5) is 12.2. The Labute approximate surface area is 199 Å². The van der Waals surface area contributed by atoms with Gasteiger partial charge in [-0.15, -0.1) is 13.2 Å². The van der Waals surface area contributed by atoms with E-state index in [0.29, 0.717) is 11.3 Å². The number of nitrogens with one attached hydrogen (secondary N) is 2. The first kappa shape index (κ1) is 25.7. The third kappa shape index (κ3) is 7.03. The van der Waals surface area contributed by atoms with Crippen LogP contribution < -0.4 is 24.2 Å². The normalized spacial score (nSPS) is 11.5. The van der Waals surface area contributed by atoms with Crippen molar-refractivity contribution >= 4 is 27.3 Å². The number of carbonyl (C=O) groups excluding carboxylic acids is 1. The number of hydrogen-bond acceptors (Lipinski definition) is 6. The van der Waals surface area contributed by atoms with Gasteiger partial charge in [0.1, 0.15) is 22.1 Å². The SMILES string of the molecule is CCOc1cc(NC(=O)c2ccc(OC)cc2)ccc1S(=O)(=O)Nc1cccc(OC(F)(F)F)c1. The van der Waals surface area contributed by atoms with Crippen molar-refractivity contribution in [3.8, 4) is 17.2 Å². The van der Waals surface area contributed by atoms with Crippen molar-refractivity contribution in [2.24, 2.45) is 0 Å². The molecule has 3 rings (SSSR count). The Morgan fingerprint density at radius 1 is 0.943 bits per heavy atom. The number of sulfonamides is 1. The lowest BCUT2D eigenvalue weighted by Gasteiger charge is -2.15. The van der Waals surface area contributed by atoms with Crippen LogP contribution in [0.25, 0.3) is 0 Å². The summed E-state index contributed by atoms with van der Waals surface area (Å²) in [5.74, 6) is -0.502. The average molecular weight is 510 g/mol. The van der Waals surface area contributed by atoms with Crippen LogP contribution in [-0.4, -0.2) is 34.4 Å². The number of methoxy groups -OCH3 is 1. The Morgan fingerprint density at radius 2 is 1.66 bits per heavy atom. The molecule has 0 fully saturated rings. The number of hydrogen-bond donors (Lipinski definition) is 2. The zero-order valence-electron chi connectivity index (χ0n) is 18.5. The minimum atomic E-state index is -4.92. The Bertz CT molecular complexity index is 1300. The summed E-state index contributed by atoms with van der Waals surface area (Å²) >= 11 is 0. The summed E-state index contributed by atoms with van der Waals surface area (Å²) in [7, 11) is -2.77. The summed E-state index contributed by atoms with van der Waals surface area (Å²) in [6.07, 6.45) is -4.92. The fourth-order valence-electron chi connectivity index (χ4n) is 2.99. The zero-order valence-corrected chi connectivity index (χ0v) is 19.4. The second-order valence-electron chi connectivity index (χ2n) is 6.96. The van der Waals surface area contributed by atoms with Gasteiger partial charge in [0.25, 0.3) is 15.9 Å². The van der Waals surface area contributed by atoms with E-state index in [1.165, 1.54) is 37.4 Å². The number of carbonyl (C=O) groups is 1. The Hall–Kier alpha value is -3.93. The molecule has 1 amide bonds. The third-order valence-corrected chi connectivity index (χ3v) is 5.88. The number of alkyl halides is 3. The van der Waals surface area contributed by atoms with E-state index in [0.717, 1.165) is 12.1 Å².